The van der Waals surface area contributed by atoms with Crippen LogP contribution in [0.25, 0.3) is 0 Å². The third kappa shape index (κ3) is 3.90. The van der Waals surface area contributed by atoms with Crippen molar-refractivity contribution < 1.29 is 13.9 Å². The number of benzene rings is 1. The van der Waals surface area contributed by atoms with Crippen LogP contribution in [0.1, 0.15) is 18.2 Å². The Bertz CT molecular complexity index is 702. The number of rotatable bonds is 1. The van der Waals surface area contributed by atoms with Crippen molar-refractivity contribution >= 4 is 21.9 Å². The molecule has 0 unspecified atom stereocenters. The summed E-state index contributed by atoms with van der Waals surface area (Å²) in [5, 5.41) is 0. The fourth-order valence-electron chi connectivity index (χ4n) is 1.41. The lowest BCUT2D eigenvalue weighted by molar-refractivity contribution is -0.131. The van der Waals surface area contributed by atoms with Gasteiger partial charge in [0.25, 0.3) is 0 Å². The molecule has 20 heavy (non-hydrogen) atoms. The third-order valence-electron chi connectivity index (χ3n) is 2.25. The van der Waals surface area contributed by atoms with Gasteiger partial charge in [-0.05, 0) is 58.2 Å². The molecule has 0 amide bonds. The van der Waals surface area contributed by atoms with Crippen molar-refractivity contribution in [1.82, 2.24) is 4.98 Å². The average molecular weight is 334 g/mol. The first-order valence-electron chi connectivity index (χ1n) is 5.67. The summed E-state index contributed by atoms with van der Waals surface area (Å²) in [6, 6.07) is 9.03. The second-order valence-electron chi connectivity index (χ2n) is 3.83. The molecule has 0 atom stereocenters. The fourth-order valence-corrected chi connectivity index (χ4v) is 1.72. The van der Waals surface area contributed by atoms with E-state index in [9.17, 15) is 9.18 Å². The minimum Gasteiger partial charge on any atom is -0.424 e. The normalized spacial score (nSPS) is 9.55. The number of pyridine rings is 1. The zero-order valence-electron chi connectivity index (χ0n) is 10.5. The molecule has 2 aromatic rings. The Balaban J connectivity index is 2.35. The van der Waals surface area contributed by atoms with E-state index < -0.39 is 5.97 Å². The number of carbonyl (C=O) groups excluding carboxylic acids is 1. The van der Waals surface area contributed by atoms with Crippen LogP contribution < -0.4 is 4.74 Å². The van der Waals surface area contributed by atoms with E-state index in [0.717, 1.165) is 0 Å². The van der Waals surface area contributed by atoms with E-state index in [0.29, 0.717) is 15.9 Å². The van der Waals surface area contributed by atoms with Gasteiger partial charge in [-0.25, -0.2) is 9.37 Å². The Morgan fingerprint density at radius 2 is 1.90 bits per heavy atom. The van der Waals surface area contributed by atoms with Gasteiger partial charge < -0.3 is 4.74 Å². The van der Waals surface area contributed by atoms with Crippen LogP contribution in [0.5, 0.6) is 5.75 Å². The first-order chi connectivity index (χ1) is 9.54. The highest BCUT2D eigenvalue weighted by molar-refractivity contribution is 9.10. The van der Waals surface area contributed by atoms with E-state index in [1.807, 2.05) is 0 Å². The zero-order valence-corrected chi connectivity index (χ0v) is 12.1. The molecular weight excluding hydrogens is 325 g/mol. The summed E-state index contributed by atoms with van der Waals surface area (Å²) < 4.78 is 18.4. The maximum Gasteiger partial charge on any atom is 0.308 e. The predicted molar refractivity (Wildman–Crippen MR) is 75.6 cm³/mol. The summed E-state index contributed by atoms with van der Waals surface area (Å²) in [5.41, 5.74) is 0.973. The van der Waals surface area contributed by atoms with Gasteiger partial charge in [0.1, 0.15) is 10.4 Å². The molecule has 1 aromatic heterocycles. The third-order valence-corrected chi connectivity index (χ3v) is 2.69. The second-order valence-corrected chi connectivity index (χ2v) is 4.64. The Kier molecular flexibility index (Phi) is 4.49. The van der Waals surface area contributed by atoms with Crippen LogP contribution in [0.3, 0.4) is 0 Å². The SMILES string of the molecule is CC(=O)Oc1ccc(Br)nc1C#Cc1ccc(F)cc1. The number of esters is 1. The van der Waals surface area contributed by atoms with Gasteiger partial charge in [-0.2, -0.15) is 0 Å². The second kappa shape index (κ2) is 6.31. The van der Waals surface area contributed by atoms with Gasteiger partial charge in [0.15, 0.2) is 11.4 Å². The smallest absolute Gasteiger partial charge is 0.308 e. The highest BCUT2D eigenvalue weighted by Gasteiger charge is 2.06. The molecular formula is C15H9BrFNO2. The highest BCUT2D eigenvalue weighted by Crippen LogP contribution is 2.19. The Morgan fingerprint density at radius 3 is 2.55 bits per heavy atom. The van der Waals surface area contributed by atoms with Crippen LogP contribution >= 0.6 is 15.9 Å². The molecule has 1 heterocycles. The van der Waals surface area contributed by atoms with Gasteiger partial charge in [-0.1, -0.05) is 5.92 Å². The molecule has 2 rings (SSSR count). The topological polar surface area (TPSA) is 39.2 Å². The lowest BCUT2D eigenvalue weighted by atomic mass is 10.2. The predicted octanol–water partition coefficient (Wildman–Crippen LogP) is 3.31. The van der Waals surface area contributed by atoms with Crippen molar-refractivity contribution in [2.24, 2.45) is 0 Å². The molecule has 0 aliphatic heterocycles. The number of halogens is 2. The lowest BCUT2D eigenvalue weighted by Crippen LogP contribution is -2.04. The van der Waals surface area contributed by atoms with Crippen LogP contribution in [0.2, 0.25) is 0 Å². The van der Waals surface area contributed by atoms with Crippen molar-refractivity contribution in [2.45, 2.75) is 6.92 Å². The van der Waals surface area contributed by atoms with E-state index in [-0.39, 0.29) is 11.6 Å². The summed E-state index contributed by atoms with van der Waals surface area (Å²) in [6.45, 7) is 1.30. The quantitative estimate of drug-likeness (QED) is 0.456. The van der Waals surface area contributed by atoms with Gasteiger partial charge in [0, 0.05) is 12.5 Å². The minimum atomic E-state index is -0.445. The number of hydrogen-bond donors (Lipinski definition) is 0. The molecule has 0 saturated heterocycles. The summed E-state index contributed by atoms with van der Waals surface area (Å²) >= 11 is 3.23. The van der Waals surface area contributed by atoms with E-state index in [4.69, 9.17) is 4.74 Å². The molecule has 0 aliphatic carbocycles. The molecule has 0 aliphatic rings. The van der Waals surface area contributed by atoms with Crippen LogP contribution in [-0.4, -0.2) is 11.0 Å². The number of carbonyl (C=O) groups is 1. The first kappa shape index (κ1) is 14.2. The highest BCUT2D eigenvalue weighted by atomic mass is 79.9. The Morgan fingerprint density at radius 1 is 1.20 bits per heavy atom. The molecule has 0 bridgehead atoms. The van der Waals surface area contributed by atoms with Gasteiger partial charge in [0.2, 0.25) is 0 Å². The zero-order chi connectivity index (χ0) is 14.5. The maximum absolute atomic E-state index is 12.8. The lowest BCUT2D eigenvalue weighted by Gasteiger charge is -2.03. The van der Waals surface area contributed by atoms with Crippen molar-refractivity contribution in [3.63, 3.8) is 0 Å². The summed E-state index contributed by atoms with van der Waals surface area (Å²) in [6.07, 6.45) is 0. The number of aromatic nitrogens is 1. The fraction of sp³-hybridized carbons (Fsp3) is 0.0667. The number of hydrogen-bond acceptors (Lipinski definition) is 3. The molecule has 0 radical (unpaired) electrons. The molecule has 0 N–H and O–H groups in total. The van der Waals surface area contributed by atoms with Crippen LogP contribution in [0.15, 0.2) is 41.0 Å². The Hall–Kier alpha value is -2.19. The molecule has 0 spiro atoms. The van der Waals surface area contributed by atoms with Crippen LogP contribution in [0.4, 0.5) is 4.39 Å². The summed E-state index contributed by atoms with van der Waals surface area (Å²) in [5.74, 6) is 5.16. The van der Waals surface area contributed by atoms with Crippen LogP contribution in [0, 0.1) is 17.7 Å². The molecule has 1 aromatic carbocycles. The summed E-state index contributed by atoms with van der Waals surface area (Å²) in [7, 11) is 0. The van der Waals surface area contributed by atoms with E-state index in [1.54, 1.807) is 24.3 Å². The number of nitrogens with zero attached hydrogens (tertiary/aromatic N) is 1. The van der Waals surface area contributed by atoms with Crippen molar-refractivity contribution in [2.75, 3.05) is 0 Å². The van der Waals surface area contributed by atoms with Gasteiger partial charge in [-0.15, -0.1) is 0 Å². The van der Waals surface area contributed by atoms with Crippen molar-refractivity contribution in [3.8, 4) is 17.6 Å². The van der Waals surface area contributed by atoms with E-state index >= 15 is 0 Å². The van der Waals surface area contributed by atoms with Gasteiger partial charge in [0.05, 0.1) is 0 Å². The van der Waals surface area contributed by atoms with E-state index in [1.165, 1.54) is 19.1 Å². The van der Waals surface area contributed by atoms with E-state index in [2.05, 4.69) is 32.8 Å². The largest absolute Gasteiger partial charge is 0.424 e. The molecule has 5 heteroatoms. The molecule has 0 saturated carbocycles. The monoisotopic (exact) mass is 333 g/mol. The van der Waals surface area contributed by atoms with Gasteiger partial charge in [-0.3, -0.25) is 4.79 Å². The molecule has 0 fully saturated rings. The average Bonchev–Trinajstić information content (AvgIpc) is 2.40. The van der Waals surface area contributed by atoms with Crippen molar-refractivity contribution in [3.05, 3.63) is 58.1 Å². The summed E-state index contributed by atoms with van der Waals surface area (Å²) in [4.78, 5) is 15.2. The standard InChI is InChI=1S/C15H9BrFNO2/c1-10(19)20-14-8-9-15(16)18-13(14)7-4-11-2-5-12(17)6-3-11/h2-3,5-6,8-9H,1H3. The van der Waals surface area contributed by atoms with Crippen molar-refractivity contribution in [1.29, 1.82) is 0 Å². The van der Waals surface area contributed by atoms with Crippen LogP contribution in [-0.2, 0) is 4.79 Å². The molecule has 100 valence electrons. The Labute approximate surface area is 123 Å². The maximum atomic E-state index is 12.8. The minimum absolute atomic E-state index is 0.287. The van der Waals surface area contributed by atoms with Gasteiger partial charge >= 0.3 is 5.97 Å². The molecule has 3 nitrogen and oxygen atoms in total. The first-order valence-corrected chi connectivity index (χ1v) is 6.46. The number of ether oxygens (including phenoxy) is 1.